The van der Waals surface area contributed by atoms with Gasteiger partial charge in [-0.1, -0.05) is 32.0 Å². The van der Waals surface area contributed by atoms with E-state index in [9.17, 15) is 9.59 Å². The molecule has 1 saturated heterocycles. The van der Waals surface area contributed by atoms with Crippen LogP contribution < -0.4 is 10.1 Å². The Kier molecular flexibility index (Phi) is 7.87. The van der Waals surface area contributed by atoms with Gasteiger partial charge in [0.15, 0.2) is 6.61 Å². The van der Waals surface area contributed by atoms with Gasteiger partial charge in [-0.05, 0) is 58.1 Å². The van der Waals surface area contributed by atoms with Crippen molar-refractivity contribution in [3.63, 3.8) is 0 Å². The van der Waals surface area contributed by atoms with Gasteiger partial charge in [0.1, 0.15) is 5.75 Å². The van der Waals surface area contributed by atoms with Crippen LogP contribution in [0.25, 0.3) is 0 Å². The van der Waals surface area contributed by atoms with Gasteiger partial charge in [0.05, 0.1) is 28.9 Å². The van der Waals surface area contributed by atoms with Gasteiger partial charge in [-0.15, -0.1) is 0 Å². The minimum absolute atomic E-state index is 0.113. The average molecular weight is 475 g/mol. The third kappa shape index (κ3) is 5.61. The zero-order valence-electron chi connectivity index (χ0n) is 17.3. The first kappa shape index (κ1) is 22.3. The molecule has 1 aliphatic heterocycles. The van der Waals surface area contributed by atoms with Crippen molar-refractivity contribution < 1.29 is 19.1 Å². The van der Waals surface area contributed by atoms with E-state index >= 15 is 0 Å². The van der Waals surface area contributed by atoms with Gasteiger partial charge >= 0.3 is 0 Å². The number of benzene rings is 2. The largest absolute Gasteiger partial charge is 0.483 e. The predicted octanol–water partition coefficient (Wildman–Crippen LogP) is 4.45. The Balaban J connectivity index is 1.62. The van der Waals surface area contributed by atoms with E-state index in [1.54, 1.807) is 29.2 Å². The van der Waals surface area contributed by atoms with Gasteiger partial charge < -0.3 is 19.7 Å². The first-order chi connectivity index (χ1) is 14.5. The molecule has 1 fully saturated rings. The zero-order chi connectivity index (χ0) is 21.5. The molecule has 0 saturated carbocycles. The number of halogens is 1. The van der Waals surface area contributed by atoms with Crippen LogP contribution in [0, 0.1) is 0 Å². The maximum Gasteiger partial charge on any atom is 0.262 e. The Hall–Kier alpha value is -2.38. The molecule has 1 unspecified atom stereocenters. The molecule has 160 valence electrons. The van der Waals surface area contributed by atoms with Crippen LogP contribution in [0.15, 0.2) is 46.9 Å². The molecular weight excluding hydrogens is 448 g/mol. The molecule has 1 aliphatic rings. The molecular formula is C23H27BrN2O4. The van der Waals surface area contributed by atoms with Gasteiger partial charge in [0, 0.05) is 13.1 Å². The Morgan fingerprint density at radius 2 is 1.93 bits per heavy atom. The van der Waals surface area contributed by atoms with Crippen LogP contribution >= 0.6 is 15.9 Å². The van der Waals surface area contributed by atoms with Crippen molar-refractivity contribution in [2.75, 3.05) is 38.2 Å². The van der Waals surface area contributed by atoms with E-state index in [4.69, 9.17) is 9.47 Å². The van der Waals surface area contributed by atoms with E-state index in [-0.39, 0.29) is 18.4 Å². The Morgan fingerprint density at radius 3 is 2.63 bits per heavy atom. The fraction of sp³-hybridized carbons (Fsp3) is 0.391. The first-order valence-corrected chi connectivity index (χ1v) is 11.0. The number of rotatable bonds is 7. The highest BCUT2D eigenvalue weighted by atomic mass is 79.9. The van der Waals surface area contributed by atoms with Crippen molar-refractivity contribution >= 4 is 33.4 Å². The number of anilines is 1. The zero-order valence-corrected chi connectivity index (χ0v) is 18.9. The van der Waals surface area contributed by atoms with E-state index < -0.39 is 0 Å². The lowest BCUT2D eigenvalue weighted by Gasteiger charge is -2.27. The molecule has 1 heterocycles. The number of carbonyl (C=O) groups excluding carboxylic acids is 2. The Bertz CT molecular complexity index is 897. The minimum atomic E-state index is -0.324. The number of hydrogen-bond donors (Lipinski definition) is 1. The van der Waals surface area contributed by atoms with Crippen LogP contribution in [-0.2, 0) is 9.53 Å². The molecule has 0 radical (unpaired) electrons. The molecule has 0 aromatic heterocycles. The highest BCUT2D eigenvalue weighted by molar-refractivity contribution is 9.10. The molecule has 30 heavy (non-hydrogen) atoms. The highest BCUT2D eigenvalue weighted by Gasteiger charge is 2.21. The summed E-state index contributed by atoms with van der Waals surface area (Å²) in [5.74, 6) is 0.627. The molecule has 0 spiro atoms. The van der Waals surface area contributed by atoms with Crippen molar-refractivity contribution in [1.82, 2.24) is 4.90 Å². The van der Waals surface area contributed by atoms with Gasteiger partial charge in [-0.3, -0.25) is 9.59 Å². The lowest BCUT2D eigenvalue weighted by molar-refractivity contribution is -0.118. The monoisotopic (exact) mass is 474 g/mol. The molecule has 0 bridgehead atoms. The summed E-state index contributed by atoms with van der Waals surface area (Å²) < 4.78 is 11.8. The number of nitrogens with one attached hydrogen (secondary N) is 1. The van der Waals surface area contributed by atoms with Crippen LogP contribution in [0.2, 0.25) is 0 Å². The lowest BCUT2D eigenvalue weighted by atomic mass is 9.99. The summed E-state index contributed by atoms with van der Waals surface area (Å²) >= 11 is 3.52. The molecule has 3 rings (SSSR count). The highest BCUT2D eigenvalue weighted by Crippen LogP contribution is 2.30. The van der Waals surface area contributed by atoms with Crippen LogP contribution in [0.3, 0.4) is 0 Å². The van der Waals surface area contributed by atoms with E-state index in [0.29, 0.717) is 49.2 Å². The van der Waals surface area contributed by atoms with E-state index in [2.05, 4.69) is 35.1 Å². The smallest absolute Gasteiger partial charge is 0.262 e. The number of hydrogen-bond acceptors (Lipinski definition) is 4. The fourth-order valence-corrected chi connectivity index (χ4v) is 3.73. The second kappa shape index (κ2) is 10.6. The number of nitrogens with zero attached hydrogens (tertiary/aromatic N) is 1. The van der Waals surface area contributed by atoms with E-state index in [1.165, 1.54) is 5.56 Å². The molecule has 2 aromatic rings. The maximum atomic E-state index is 12.8. The SMILES string of the molecule is CCC(C)c1ccc(OCC(=O)Nc2ccccc2C(=O)N2CCOCC2)c(Br)c1. The molecule has 2 amide bonds. The average Bonchev–Trinajstić information content (AvgIpc) is 2.78. The third-order valence-corrected chi connectivity index (χ3v) is 5.85. The summed E-state index contributed by atoms with van der Waals surface area (Å²) in [6.07, 6.45) is 1.05. The standard InChI is InChI=1S/C23H27BrN2O4/c1-3-16(2)17-8-9-21(19(24)14-17)30-15-22(27)25-20-7-5-4-6-18(20)23(28)26-10-12-29-13-11-26/h4-9,14,16H,3,10-13,15H2,1-2H3,(H,25,27). The minimum Gasteiger partial charge on any atom is -0.483 e. The van der Waals surface area contributed by atoms with E-state index in [0.717, 1.165) is 10.9 Å². The number of para-hydroxylation sites is 1. The molecule has 0 aliphatic carbocycles. The van der Waals surface area contributed by atoms with Crippen molar-refractivity contribution in [2.24, 2.45) is 0 Å². The van der Waals surface area contributed by atoms with Crippen LogP contribution in [0.4, 0.5) is 5.69 Å². The summed E-state index contributed by atoms with van der Waals surface area (Å²) in [4.78, 5) is 27.0. The fourth-order valence-electron chi connectivity index (χ4n) is 3.22. The Morgan fingerprint density at radius 1 is 1.20 bits per heavy atom. The molecule has 1 atom stereocenters. The van der Waals surface area contributed by atoms with Crippen LogP contribution in [0.5, 0.6) is 5.75 Å². The quantitative estimate of drug-likeness (QED) is 0.643. The van der Waals surface area contributed by atoms with Crippen molar-refractivity contribution in [3.8, 4) is 5.75 Å². The van der Waals surface area contributed by atoms with Gasteiger partial charge in [0.25, 0.3) is 11.8 Å². The first-order valence-electron chi connectivity index (χ1n) is 10.2. The van der Waals surface area contributed by atoms with Crippen molar-refractivity contribution in [1.29, 1.82) is 0 Å². The molecule has 7 heteroatoms. The lowest BCUT2D eigenvalue weighted by Crippen LogP contribution is -2.41. The van der Waals surface area contributed by atoms with Crippen LogP contribution in [0.1, 0.15) is 42.1 Å². The van der Waals surface area contributed by atoms with Crippen molar-refractivity contribution in [2.45, 2.75) is 26.2 Å². The summed E-state index contributed by atoms with van der Waals surface area (Å²) in [6, 6.07) is 12.9. The summed E-state index contributed by atoms with van der Waals surface area (Å²) in [5.41, 5.74) is 2.16. The van der Waals surface area contributed by atoms with Gasteiger partial charge in [-0.25, -0.2) is 0 Å². The topological polar surface area (TPSA) is 67.9 Å². The third-order valence-electron chi connectivity index (χ3n) is 5.23. The predicted molar refractivity (Wildman–Crippen MR) is 120 cm³/mol. The maximum absolute atomic E-state index is 12.8. The van der Waals surface area contributed by atoms with E-state index in [1.807, 2.05) is 18.2 Å². The number of carbonyl (C=O) groups is 2. The number of morpholine rings is 1. The second-order valence-corrected chi connectivity index (χ2v) is 8.14. The summed E-state index contributed by atoms with van der Waals surface area (Å²) in [7, 11) is 0. The summed E-state index contributed by atoms with van der Waals surface area (Å²) in [6.45, 7) is 6.31. The van der Waals surface area contributed by atoms with Gasteiger partial charge in [-0.2, -0.15) is 0 Å². The molecule has 6 nitrogen and oxygen atoms in total. The Labute approximate surface area is 185 Å². The normalized spacial score (nSPS) is 14.8. The van der Waals surface area contributed by atoms with Crippen LogP contribution in [-0.4, -0.2) is 49.6 Å². The number of ether oxygens (including phenoxy) is 2. The summed E-state index contributed by atoms with van der Waals surface area (Å²) in [5, 5.41) is 2.80. The van der Waals surface area contributed by atoms with Gasteiger partial charge in [0.2, 0.25) is 0 Å². The number of amides is 2. The molecule has 1 N–H and O–H groups in total. The molecule has 2 aromatic carbocycles. The van der Waals surface area contributed by atoms with Crippen molar-refractivity contribution in [3.05, 3.63) is 58.1 Å². The second-order valence-electron chi connectivity index (χ2n) is 7.29.